The first kappa shape index (κ1) is 15.9. The van der Waals surface area contributed by atoms with Crippen LogP contribution in [0.2, 0.25) is 0 Å². The van der Waals surface area contributed by atoms with Crippen LogP contribution in [0.15, 0.2) is 23.0 Å². The Morgan fingerprint density at radius 2 is 1.96 bits per heavy atom. The van der Waals surface area contributed by atoms with Crippen molar-refractivity contribution in [3.8, 4) is 0 Å². The molecular weight excluding hydrogens is 345 g/mol. The monoisotopic (exact) mass is 357 g/mol. The van der Waals surface area contributed by atoms with Crippen LogP contribution in [0.25, 0.3) is 11.0 Å². The number of rotatable bonds is 4. The third-order valence-corrected chi connectivity index (χ3v) is 4.94. The molecule has 3 N–H and O–H groups in total. The van der Waals surface area contributed by atoms with Gasteiger partial charge in [-0.3, -0.25) is 9.59 Å². The summed E-state index contributed by atoms with van der Waals surface area (Å²) in [5.74, 6) is -1.11. The number of anilines is 1. The quantitative estimate of drug-likeness (QED) is 0.574. The highest BCUT2D eigenvalue weighted by Crippen LogP contribution is 2.64. The Morgan fingerprint density at radius 3 is 2.61 bits per heavy atom. The Bertz CT molecular complexity index is 857. The van der Waals surface area contributed by atoms with Crippen LogP contribution in [0.1, 0.15) is 13.3 Å². The van der Waals surface area contributed by atoms with Gasteiger partial charge < -0.3 is 20.0 Å². The first-order valence-corrected chi connectivity index (χ1v) is 7.54. The fourth-order valence-corrected chi connectivity index (χ4v) is 2.91. The molecule has 0 saturated heterocycles. The van der Waals surface area contributed by atoms with Crippen molar-refractivity contribution in [2.75, 3.05) is 11.9 Å². The van der Waals surface area contributed by atoms with Gasteiger partial charge in [-0.1, -0.05) is 0 Å². The minimum Gasteiger partial charge on any atom is -0.455 e. The molecule has 1 heterocycles. The fraction of sp³-hybridized carbons (Fsp3) is 0.357. The van der Waals surface area contributed by atoms with Gasteiger partial charge in [0.2, 0.25) is 0 Å². The summed E-state index contributed by atoms with van der Waals surface area (Å²) in [6, 6.07) is 4.86. The number of alkyl halides is 2. The van der Waals surface area contributed by atoms with Gasteiger partial charge in [-0.15, -0.1) is 23.2 Å². The molecule has 23 heavy (non-hydrogen) atoms. The molecule has 1 aromatic heterocycles. The zero-order chi connectivity index (χ0) is 16.8. The first-order valence-electron chi connectivity index (χ1n) is 6.78. The number of imidazole rings is 1. The van der Waals surface area contributed by atoms with Gasteiger partial charge in [0.1, 0.15) is 9.75 Å². The maximum absolute atomic E-state index is 11.9. The van der Waals surface area contributed by atoms with Crippen molar-refractivity contribution in [3.05, 3.63) is 28.7 Å². The predicted molar refractivity (Wildman–Crippen MR) is 85.7 cm³/mol. The lowest BCUT2D eigenvalue weighted by Crippen LogP contribution is -2.26. The molecular formula is C14H13Cl2N3O4. The van der Waals surface area contributed by atoms with E-state index in [1.165, 1.54) is 0 Å². The van der Waals surface area contributed by atoms with Crippen LogP contribution in [0, 0.1) is 5.41 Å². The lowest BCUT2D eigenvalue weighted by atomic mass is 10.1. The second-order valence-corrected chi connectivity index (χ2v) is 7.16. The smallest absolute Gasteiger partial charge is 0.323 e. The summed E-state index contributed by atoms with van der Waals surface area (Å²) >= 11 is 11.8. The number of fused-ring (bicyclic) bond motifs is 1. The van der Waals surface area contributed by atoms with E-state index in [4.69, 9.17) is 27.9 Å². The first-order chi connectivity index (χ1) is 10.7. The Hall–Kier alpha value is -1.99. The molecule has 1 aromatic carbocycles. The van der Waals surface area contributed by atoms with Crippen LogP contribution < -0.4 is 11.0 Å². The van der Waals surface area contributed by atoms with Crippen LogP contribution in [0.3, 0.4) is 0 Å². The van der Waals surface area contributed by atoms with Gasteiger partial charge in [-0.25, -0.2) is 4.79 Å². The van der Waals surface area contributed by atoms with Crippen molar-refractivity contribution >= 4 is 51.8 Å². The van der Waals surface area contributed by atoms with E-state index in [1.807, 2.05) is 0 Å². The number of H-pyrrole nitrogens is 2. The van der Waals surface area contributed by atoms with Gasteiger partial charge in [0.25, 0.3) is 5.91 Å². The molecule has 0 spiro atoms. The summed E-state index contributed by atoms with van der Waals surface area (Å²) < 4.78 is 3.81. The molecule has 0 aliphatic heterocycles. The van der Waals surface area contributed by atoms with Crippen LogP contribution in [0.4, 0.5) is 5.69 Å². The van der Waals surface area contributed by atoms with Crippen molar-refractivity contribution in [3.63, 3.8) is 0 Å². The molecule has 0 radical (unpaired) electrons. The molecule has 0 unspecified atom stereocenters. The second-order valence-electron chi connectivity index (χ2n) is 5.68. The average molecular weight is 358 g/mol. The molecule has 1 saturated carbocycles. The SMILES string of the molecule is C[C@@]1(C(=O)OCC(=O)Nc2ccc3[nH]c(=O)[nH]c3c2)CC1(Cl)Cl. The van der Waals surface area contributed by atoms with Crippen molar-refractivity contribution < 1.29 is 14.3 Å². The van der Waals surface area contributed by atoms with Crippen molar-refractivity contribution in [2.45, 2.75) is 17.7 Å². The molecule has 7 nitrogen and oxygen atoms in total. The molecule has 9 heteroatoms. The van der Waals surface area contributed by atoms with Gasteiger partial charge in [0.05, 0.1) is 11.0 Å². The number of hydrogen-bond donors (Lipinski definition) is 3. The van der Waals surface area contributed by atoms with E-state index in [1.54, 1.807) is 25.1 Å². The highest BCUT2D eigenvalue weighted by atomic mass is 35.5. The number of carbonyl (C=O) groups excluding carboxylic acids is 2. The normalized spacial score (nSPS) is 21.9. The van der Waals surface area contributed by atoms with Gasteiger partial charge in [0.15, 0.2) is 6.61 Å². The lowest BCUT2D eigenvalue weighted by Gasteiger charge is -2.11. The summed E-state index contributed by atoms with van der Waals surface area (Å²) in [4.78, 5) is 40.0. The van der Waals surface area contributed by atoms with Gasteiger partial charge >= 0.3 is 11.7 Å². The number of aromatic amines is 2. The van der Waals surface area contributed by atoms with Gasteiger partial charge in [-0.2, -0.15) is 0 Å². The van der Waals surface area contributed by atoms with E-state index in [2.05, 4.69) is 15.3 Å². The molecule has 1 amide bonds. The van der Waals surface area contributed by atoms with Crippen molar-refractivity contribution in [1.82, 2.24) is 9.97 Å². The number of carbonyl (C=O) groups is 2. The number of amides is 1. The number of ether oxygens (including phenoxy) is 1. The largest absolute Gasteiger partial charge is 0.455 e. The number of hydrogen-bond acceptors (Lipinski definition) is 4. The standard InChI is InChI=1S/C14H13Cl2N3O4/c1-13(6-14(13,15)16)11(21)23-5-10(20)17-7-2-3-8-9(4-7)19-12(22)18-8/h2-4H,5-6H2,1H3,(H,17,20)(H2,18,19,22)/t13-/m0/s1. The minimum absolute atomic E-state index is 0.293. The Balaban J connectivity index is 1.58. The lowest BCUT2D eigenvalue weighted by molar-refractivity contribution is -0.152. The highest BCUT2D eigenvalue weighted by Gasteiger charge is 2.69. The summed E-state index contributed by atoms with van der Waals surface area (Å²) in [6.07, 6.45) is 0.293. The third kappa shape index (κ3) is 2.94. The minimum atomic E-state index is -1.13. The highest BCUT2D eigenvalue weighted by molar-refractivity contribution is 6.53. The molecule has 2 aromatic rings. The summed E-state index contributed by atoms with van der Waals surface area (Å²) in [5, 5.41) is 2.57. The Kier molecular flexibility index (Phi) is 3.65. The molecule has 1 atom stereocenters. The van der Waals surface area contributed by atoms with Crippen LogP contribution >= 0.6 is 23.2 Å². The van der Waals surface area contributed by atoms with Gasteiger partial charge in [-0.05, 0) is 25.1 Å². The fourth-order valence-electron chi connectivity index (χ4n) is 2.22. The average Bonchev–Trinajstić information content (AvgIpc) is 2.80. The summed E-state index contributed by atoms with van der Waals surface area (Å²) in [7, 11) is 0. The van der Waals surface area contributed by atoms with Crippen LogP contribution in [-0.2, 0) is 14.3 Å². The number of halogens is 2. The number of benzene rings is 1. The zero-order valence-electron chi connectivity index (χ0n) is 12.0. The number of nitrogens with one attached hydrogen (secondary N) is 3. The molecule has 1 fully saturated rings. The maximum Gasteiger partial charge on any atom is 0.323 e. The molecule has 122 valence electrons. The van der Waals surface area contributed by atoms with E-state index in [0.29, 0.717) is 23.1 Å². The zero-order valence-corrected chi connectivity index (χ0v) is 13.5. The van der Waals surface area contributed by atoms with Crippen LogP contribution in [-0.4, -0.2) is 32.8 Å². The second kappa shape index (κ2) is 5.28. The van der Waals surface area contributed by atoms with Crippen LogP contribution in [0.5, 0.6) is 0 Å². The predicted octanol–water partition coefficient (Wildman–Crippen LogP) is 1.92. The number of aromatic nitrogens is 2. The summed E-state index contributed by atoms with van der Waals surface area (Å²) in [6.45, 7) is 1.14. The van der Waals surface area contributed by atoms with E-state index < -0.39 is 28.2 Å². The molecule has 1 aliphatic carbocycles. The van der Waals surface area contributed by atoms with Crippen molar-refractivity contribution in [1.29, 1.82) is 0 Å². The number of esters is 1. The topological polar surface area (TPSA) is 104 Å². The van der Waals surface area contributed by atoms with E-state index in [-0.39, 0.29) is 5.69 Å². The van der Waals surface area contributed by atoms with Crippen molar-refractivity contribution in [2.24, 2.45) is 5.41 Å². The molecule has 1 aliphatic rings. The van der Waals surface area contributed by atoms with Gasteiger partial charge in [0, 0.05) is 12.1 Å². The third-order valence-electron chi connectivity index (χ3n) is 3.84. The Labute approximate surface area is 140 Å². The van der Waals surface area contributed by atoms with E-state index >= 15 is 0 Å². The Morgan fingerprint density at radius 1 is 1.30 bits per heavy atom. The summed E-state index contributed by atoms with van der Waals surface area (Å²) in [5.41, 5.74) is 0.349. The molecule has 0 bridgehead atoms. The van der Waals surface area contributed by atoms with E-state index in [9.17, 15) is 14.4 Å². The molecule has 3 rings (SSSR count). The maximum atomic E-state index is 11.9. The van der Waals surface area contributed by atoms with E-state index in [0.717, 1.165) is 0 Å².